The normalized spacial score (nSPS) is 10.1. The monoisotopic (exact) mass is 279 g/mol. The number of halogens is 1. The van der Waals surface area contributed by atoms with Gasteiger partial charge >= 0.3 is 6.01 Å². The minimum atomic E-state index is 0.331. The van der Waals surface area contributed by atoms with Crippen LogP contribution in [0.2, 0.25) is 0 Å². The van der Waals surface area contributed by atoms with Gasteiger partial charge in [-0.05, 0) is 17.7 Å². The molecule has 0 atom stereocenters. The molecule has 5 heteroatoms. The molecule has 0 unspecified atom stereocenters. The van der Waals surface area contributed by atoms with Crippen LogP contribution in [0.25, 0.3) is 0 Å². The molecule has 2 aromatic rings. The third kappa shape index (κ3) is 2.93. The number of rotatable bonds is 3. The van der Waals surface area contributed by atoms with Gasteiger partial charge in [0.1, 0.15) is 6.61 Å². The highest BCUT2D eigenvalue weighted by atomic mass is 79.9. The molecule has 1 heterocycles. The van der Waals surface area contributed by atoms with Crippen molar-refractivity contribution in [2.24, 2.45) is 0 Å². The molecule has 0 saturated heterocycles. The highest BCUT2D eigenvalue weighted by Gasteiger charge is 1.98. The molecule has 2 N–H and O–H groups in total. The lowest BCUT2D eigenvalue weighted by Gasteiger charge is -2.04. The molecule has 0 bridgehead atoms. The van der Waals surface area contributed by atoms with E-state index >= 15 is 0 Å². The molecule has 0 spiro atoms. The quantitative estimate of drug-likeness (QED) is 0.937. The fraction of sp³-hybridized carbons (Fsp3) is 0.0909. The molecule has 0 aliphatic rings. The lowest BCUT2D eigenvalue weighted by atomic mass is 10.2. The van der Waals surface area contributed by atoms with Gasteiger partial charge in [0.05, 0.1) is 18.1 Å². The van der Waals surface area contributed by atoms with E-state index in [1.54, 1.807) is 0 Å². The van der Waals surface area contributed by atoms with E-state index in [2.05, 4.69) is 25.9 Å². The summed E-state index contributed by atoms with van der Waals surface area (Å²) in [5.41, 5.74) is 7.05. The SMILES string of the molecule is Nc1cnc(OCc2ccc(Br)cc2)nc1. The van der Waals surface area contributed by atoms with Gasteiger partial charge in [0.2, 0.25) is 0 Å². The average Bonchev–Trinajstić information content (AvgIpc) is 2.30. The minimum Gasteiger partial charge on any atom is -0.459 e. The molecule has 2 rings (SSSR count). The van der Waals surface area contributed by atoms with Crippen molar-refractivity contribution in [3.05, 3.63) is 46.7 Å². The predicted molar refractivity (Wildman–Crippen MR) is 64.9 cm³/mol. The van der Waals surface area contributed by atoms with Crippen molar-refractivity contribution in [1.82, 2.24) is 9.97 Å². The summed E-state index contributed by atoms with van der Waals surface area (Å²) < 4.78 is 6.44. The fourth-order valence-corrected chi connectivity index (χ4v) is 1.39. The maximum Gasteiger partial charge on any atom is 0.316 e. The Bertz CT molecular complexity index is 410. The second kappa shape index (κ2) is 4.94. The van der Waals surface area contributed by atoms with Crippen LogP contribution in [-0.4, -0.2) is 9.97 Å². The smallest absolute Gasteiger partial charge is 0.316 e. The van der Waals surface area contributed by atoms with Crippen molar-refractivity contribution in [2.45, 2.75) is 6.61 Å². The van der Waals surface area contributed by atoms with Gasteiger partial charge in [-0.2, -0.15) is 0 Å². The zero-order valence-electron chi connectivity index (χ0n) is 8.43. The molecule has 16 heavy (non-hydrogen) atoms. The van der Waals surface area contributed by atoms with Gasteiger partial charge in [0.25, 0.3) is 0 Å². The largest absolute Gasteiger partial charge is 0.459 e. The number of anilines is 1. The Morgan fingerprint density at radius 1 is 1.12 bits per heavy atom. The van der Waals surface area contributed by atoms with Crippen LogP contribution in [-0.2, 0) is 6.61 Å². The third-order valence-corrected chi connectivity index (χ3v) is 2.46. The third-order valence-electron chi connectivity index (χ3n) is 1.93. The first-order chi connectivity index (χ1) is 7.74. The number of ether oxygens (including phenoxy) is 1. The average molecular weight is 280 g/mol. The number of nitrogen functional groups attached to an aromatic ring is 1. The van der Waals surface area contributed by atoms with Crippen LogP contribution >= 0.6 is 15.9 Å². The summed E-state index contributed by atoms with van der Waals surface area (Å²) in [5.74, 6) is 0. The van der Waals surface area contributed by atoms with E-state index in [-0.39, 0.29) is 0 Å². The second-order valence-electron chi connectivity index (χ2n) is 3.21. The number of hydrogen-bond donors (Lipinski definition) is 1. The summed E-state index contributed by atoms with van der Waals surface area (Å²) in [6.07, 6.45) is 3.04. The van der Waals surface area contributed by atoms with Gasteiger partial charge < -0.3 is 10.5 Å². The van der Waals surface area contributed by atoms with Gasteiger partial charge in [-0.3, -0.25) is 0 Å². The number of hydrogen-bond acceptors (Lipinski definition) is 4. The van der Waals surface area contributed by atoms with Gasteiger partial charge in [0, 0.05) is 4.47 Å². The van der Waals surface area contributed by atoms with Crippen molar-refractivity contribution < 1.29 is 4.74 Å². The number of aromatic nitrogens is 2. The Kier molecular flexibility index (Phi) is 3.36. The van der Waals surface area contributed by atoms with Crippen molar-refractivity contribution in [1.29, 1.82) is 0 Å². The van der Waals surface area contributed by atoms with E-state index in [0.717, 1.165) is 10.0 Å². The zero-order valence-corrected chi connectivity index (χ0v) is 10.0. The Balaban J connectivity index is 1.97. The predicted octanol–water partition coefficient (Wildman–Crippen LogP) is 2.40. The molecule has 0 aliphatic carbocycles. The lowest BCUT2D eigenvalue weighted by Crippen LogP contribution is -1.99. The maximum absolute atomic E-state index is 5.46. The van der Waals surface area contributed by atoms with E-state index in [1.807, 2.05) is 24.3 Å². The number of benzene rings is 1. The molecule has 0 aliphatic heterocycles. The van der Waals surface area contributed by atoms with E-state index in [1.165, 1.54) is 12.4 Å². The Morgan fingerprint density at radius 3 is 2.38 bits per heavy atom. The number of nitrogens with two attached hydrogens (primary N) is 1. The van der Waals surface area contributed by atoms with Crippen LogP contribution in [0.3, 0.4) is 0 Å². The molecule has 1 aromatic carbocycles. The van der Waals surface area contributed by atoms with Gasteiger partial charge in [0.15, 0.2) is 0 Å². The molecular weight excluding hydrogens is 270 g/mol. The Morgan fingerprint density at radius 2 is 1.75 bits per heavy atom. The molecule has 1 aromatic heterocycles. The molecular formula is C11H10BrN3O. The summed E-state index contributed by atoms with van der Waals surface area (Å²) in [6.45, 7) is 0.442. The van der Waals surface area contributed by atoms with Crippen LogP contribution in [0.15, 0.2) is 41.1 Å². The summed E-state index contributed by atoms with van der Waals surface area (Å²) in [4.78, 5) is 7.89. The topological polar surface area (TPSA) is 61.0 Å². The van der Waals surface area contributed by atoms with Crippen LogP contribution in [0, 0.1) is 0 Å². The highest BCUT2D eigenvalue weighted by Crippen LogP contribution is 2.12. The van der Waals surface area contributed by atoms with Gasteiger partial charge in [-0.1, -0.05) is 28.1 Å². The molecule has 4 nitrogen and oxygen atoms in total. The van der Waals surface area contributed by atoms with Crippen LogP contribution in [0.4, 0.5) is 5.69 Å². The molecule has 0 radical (unpaired) electrons. The van der Waals surface area contributed by atoms with Gasteiger partial charge in [-0.15, -0.1) is 0 Å². The van der Waals surface area contributed by atoms with Crippen LogP contribution < -0.4 is 10.5 Å². The highest BCUT2D eigenvalue weighted by molar-refractivity contribution is 9.10. The Labute approximate surface area is 102 Å². The first kappa shape index (κ1) is 10.9. The summed E-state index contributed by atoms with van der Waals surface area (Å²) in [5, 5.41) is 0. The summed E-state index contributed by atoms with van der Waals surface area (Å²) in [7, 11) is 0. The van der Waals surface area contributed by atoms with E-state index in [4.69, 9.17) is 10.5 Å². The van der Waals surface area contributed by atoms with Crippen molar-refractivity contribution in [3.8, 4) is 6.01 Å². The molecule has 0 saturated carbocycles. The first-order valence-electron chi connectivity index (χ1n) is 4.69. The molecule has 0 fully saturated rings. The van der Waals surface area contributed by atoms with Crippen LogP contribution in [0.1, 0.15) is 5.56 Å². The van der Waals surface area contributed by atoms with Crippen molar-refractivity contribution in [3.63, 3.8) is 0 Å². The first-order valence-corrected chi connectivity index (χ1v) is 5.48. The van der Waals surface area contributed by atoms with Gasteiger partial charge in [-0.25, -0.2) is 9.97 Å². The fourth-order valence-electron chi connectivity index (χ4n) is 1.13. The van der Waals surface area contributed by atoms with Crippen molar-refractivity contribution >= 4 is 21.6 Å². The molecule has 82 valence electrons. The summed E-state index contributed by atoms with van der Waals surface area (Å²) in [6, 6.07) is 8.20. The van der Waals surface area contributed by atoms with Crippen LogP contribution in [0.5, 0.6) is 6.01 Å². The van der Waals surface area contributed by atoms with E-state index in [0.29, 0.717) is 18.3 Å². The van der Waals surface area contributed by atoms with E-state index < -0.39 is 0 Å². The summed E-state index contributed by atoms with van der Waals surface area (Å²) >= 11 is 3.37. The Hall–Kier alpha value is -1.62. The van der Waals surface area contributed by atoms with E-state index in [9.17, 15) is 0 Å². The number of nitrogens with zero attached hydrogens (tertiary/aromatic N) is 2. The lowest BCUT2D eigenvalue weighted by molar-refractivity contribution is 0.281. The minimum absolute atomic E-state index is 0.331. The maximum atomic E-state index is 5.46. The molecule has 0 amide bonds. The second-order valence-corrected chi connectivity index (χ2v) is 4.13. The standard InChI is InChI=1S/C11H10BrN3O/c12-9-3-1-8(2-4-9)7-16-11-14-5-10(13)6-15-11/h1-6H,7,13H2. The van der Waals surface area contributed by atoms with Crippen molar-refractivity contribution in [2.75, 3.05) is 5.73 Å². The zero-order chi connectivity index (χ0) is 11.4.